The van der Waals surface area contributed by atoms with Crippen LogP contribution in [0.1, 0.15) is 5.56 Å². The molecular formula is C19H17N5O2S2. The van der Waals surface area contributed by atoms with Crippen molar-refractivity contribution >= 4 is 44.4 Å². The van der Waals surface area contributed by atoms with E-state index >= 15 is 0 Å². The van der Waals surface area contributed by atoms with Gasteiger partial charge in [-0.25, -0.2) is 4.98 Å². The summed E-state index contributed by atoms with van der Waals surface area (Å²) in [5.74, 6) is 0.761. The zero-order chi connectivity index (χ0) is 19.5. The van der Waals surface area contributed by atoms with Gasteiger partial charge < -0.3 is 10.1 Å². The molecule has 0 bridgehead atoms. The van der Waals surface area contributed by atoms with Crippen molar-refractivity contribution in [2.45, 2.75) is 12.1 Å². The minimum Gasteiger partial charge on any atom is -0.495 e. The standard InChI is InChI=1S/C19H17N5O2S2/c1-12-7-8-13-16(9-12)28-18(21-13)22-17(25)10-27-19-23-20-11-24(19)14-5-3-4-6-15(14)26-2/h3-9,11H,10H2,1-2H3,(H,21,22,25). The maximum absolute atomic E-state index is 12.4. The van der Waals surface area contributed by atoms with Gasteiger partial charge in [-0.2, -0.15) is 0 Å². The number of rotatable bonds is 6. The van der Waals surface area contributed by atoms with Crippen LogP contribution in [0.3, 0.4) is 0 Å². The van der Waals surface area contributed by atoms with Crippen LogP contribution >= 0.6 is 23.1 Å². The number of aromatic nitrogens is 4. The summed E-state index contributed by atoms with van der Waals surface area (Å²) in [6.07, 6.45) is 1.61. The van der Waals surface area contributed by atoms with Crippen LogP contribution in [0, 0.1) is 6.92 Å². The number of anilines is 1. The number of carbonyl (C=O) groups is 1. The van der Waals surface area contributed by atoms with Gasteiger partial charge in [0, 0.05) is 0 Å². The summed E-state index contributed by atoms with van der Waals surface area (Å²) >= 11 is 2.77. The highest BCUT2D eigenvalue weighted by molar-refractivity contribution is 7.99. The summed E-state index contributed by atoms with van der Waals surface area (Å²) in [5, 5.41) is 12.2. The second-order valence-corrected chi connectivity index (χ2v) is 7.96. The molecule has 0 aliphatic carbocycles. The lowest BCUT2D eigenvalue weighted by molar-refractivity contribution is -0.113. The summed E-state index contributed by atoms with van der Waals surface area (Å²) in [6, 6.07) is 13.6. The number of methoxy groups -OCH3 is 1. The van der Waals surface area contributed by atoms with Crippen molar-refractivity contribution in [2.75, 3.05) is 18.2 Å². The van der Waals surface area contributed by atoms with E-state index in [4.69, 9.17) is 4.74 Å². The van der Waals surface area contributed by atoms with Gasteiger partial charge >= 0.3 is 0 Å². The van der Waals surface area contributed by atoms with E-state index in [0.717, 1.165) is 15.9 Å². The van der Waals surface area contributed by atoms with E-state index in [-0.39, 0.29) is 11.7 Å². The molecule has 1 amide bonds. The largest absolute Gasteiger partial charge is 0.495 e. The van der Waals surface area contributed by atoms with Gasteiger partial charge in [0.15, 0.2) is 10.3 Å². The summed E-state index contributed by atoms with van der Waals surface area (Å²) in [6.45, 7) is 2.03. The Hall–Kier alpha value is -2.91. The summed E-state index contributed by atoms with van der Waals surface area (Å²) in [7, 11) is 1.61. The number of thiazole rings is 1. The van der Waals surface area contributed by atoms with Gasteiger partial charge in [-0.1, -0.05) is 41.3 Å². The number of thioether (sulfide) groups is 1. The summed E-state index contributed by atoms with van der Waals surface area (Å²) in [5.41, 5.74) is 2.87. The minimum absolute atomic E-state index is 0.143. The molecule has 4 rings (SSSR count). The van der Waals surface area contributed by atoms with E-state index < -0.39 is 0 Å². The Morgan fingerprint density at radius 1 is 1.29 bits per heavy atom. The quantitative estimate of drug-likeness (QED) is 0.484. The number of carbonyl (C=O) groups excluding carboxylic acids is 1. The van der Waals surface area contributed by atoms with Crippen LogP contribution in [-0.2, 0) is 4.79 Å². The number of nitrogens with zero attached hydrogens (tertiary/aromatic N) is 4. The molecule has 0 aliphatic rings. The van der Waals surface area contributed by atoms with Gasteiger partial charge in [-0.05, 0) is 36.8 Å². The molecule has 0 aliphatic heterocycles. The summed E-state index contributed by atoms with van der Waals surface area (Å²) < 4.78 is 8.25. The van der Waals surface area contributed by atoms with Gasteiger partial charge in [-0.3, -0.25) is 9.36 Å². The predicted octanol–water partition coefficient (Wildman–Crippen LogP) is 3.92. The summed E-state index contributed by atoms with van der Waals surface area (Å²) in [4.78, 5) is 16.8. The van der Waals surface area contributed by atoms with Crippen LogP contribution in [0.25, 0.3) is 15.9 Å². The lowest BCUT2D eigenvalue weighted by atomic mass is 10.2. The van der Waals surface area contributed by atoms with Crippen molar-refractivity contribution in [3.8, 4) is 11.4 Å². The predicted molar refractivity (Wildman–Crippen MR) is 112 cm³/mol. The highest BCUT2D eigenvalue weighted by Gasteiger charge is 2.14. The molecule has 2 aromatic heterocycles. The normalized spacial score (nSPS) is 10.9. The Labute approximate surface area is 169 Å². The second-order valence-electron chi connectivity index (χ2n) is 5.98. The van der Waals surface area contributed by atoms with Crippen molar-refractivity contribution in [1.82, 2.24) is 19.7 Å². The molecule has 0 radical (unpaired) electrons. The van der Waals surface area contributed by atoms with Crippen LogP contribution < -0.4 is 10.1 Å². The Kier molecular flexibility index (Phi) is 5.27. The molecule has 28 heavy (non-hydrogen) atoms. The Balaban J connectivity index is 1.45. The number of hydrogen-bond acceptors (Lipinski definition) is 7. The maximum Gasteiger partial charge on any atom is 0.236 e. The number of benzene rings is 2. The van der Waals surface area contributed by atoms with Crippen molar-refractivity contribution in [1.29, 1.82) is 0 Å². The minimum atomic E-state index is -0.143. The monoisotopic (exact) mass is 411 g/mol. The fourth-order valence-electron chi connectivity index (χ4n) is 2.69. The molecule has 0 saturated carbocycles. The first-order chi connectivity index (χ1) is 13.6. The lowest BCUT2D eigenvalue weighted by Gasteiger charge is -2.10. The number of nitrogens with one attached hydrogen (secondary N) is 1. The number of amides is 1. The van der Waals surface area contributed by atoms with Gasteiger partial charge in [0.1, 0.15) is 12.1 Å². The molecule has 1 N–H and O–H groups in total. The second kappa shape index (κ2) is 7.99. The van der Waals surface area contributed by atoms with Crippen molar-refractivity contribution in [3.63, 3.8) is 0 Å². The number of aryl methyl sites for hydroxylation is 1. The molecule has 0 spiro atoms. The van der Waals surface area contributed by atoms with Crippen LogP contribution in [0.5, 0.6) is 5.75 Å². The van der Waals surface area contributed by atoms with Crippen LogP contribution in [0.15, 0.2) is 53.9 Å². The zero-order valence-electron chi connectivity index (χ0n) is 15.2. The lowest BCUT2D eigenvalue weighted by Crippen LogP contribution is -2.14. The van der Waals surface area contributed by atoms with E-state index in [0.29, 0.717) is 16.0 Å². The Morgan fingerprint density at radius 2 is 2.14 bits per heavy atom. The van der Waals surface area contributed by atoms with Crippen LogP contribution in [0.4, 0.5) is 5.13 Å². The number of hydrogen-bond donors (Lipinski definition) is 1. The molecule has 9 heteroatoms. The molecule has 0 fully saturated rings. The molecule has 142 valence electrons. The third-order valence-corrected chi connectivity index (χ3v) is 5.86. The van der Waals surface area contributed by atoms with Gasteiger partial charge in [0.2, 0.25) is 5.91 Å². The molecule has 0 atom stereocenters. The van der Waals surface area contributed by atoms with E-state index in [2.05, 4.69) is 26.6 Å². The van der Waals surface area contributed by atoms with Gasteiger partial charge in [0.25, 0.3) is 0 Å². The van der Waals surface area contributed by atoms with Gasteiger partial charge in [-0.15, -0.1) is 10.2 Å². The van der Waals surface area contributed by atoms with E-state index in [1.54, 1.807) is 18.0 Å². The first-order valence-electron chi connectivity index (χ1n) is 8.47. The fraction of sp³-hybridized carbons (Fsp3) is 0.158. The molecule has 2 aromatic carbocycles. The number of ether oxygens (including phenoxy) is 1. The van der Waals surface area contributed by atoms with E-state index in [9.17, 15) is 4.79 Å². The fourth-order valence-corrected chi connectivity index (χ4v) is 4.39. The SMILES string of the molecule is COc1ccccc1-n1cnnc1SCC(=O)Nc1nc2ccc(C)cc2s1. The first-order valence-corrected chi connectivity index (χ1v) is 10.3. The first kappa shape index (κ1) is 18.5. The molecular weight excluding hydrogens is 394 g/mol. The molecule has 2 heterocycles. The molecule has 0 unspecified atom stereocenters. The molecule has 4 aromatic rings. The Bertz CT molecular complexity index is 1140. The third kappa shape index (κ3) is 3.85. The highest BCUT2D eigenvalue weighted by atomic mass is 32.2. The van der Waals surface area contributed by atoms with E-state index in [1.165, 1.54) is 28.7 Å². The Morgan fingerprint density at radius 3 is 3.00 bits per heavy atom. The number of fused-ring (bicyclic) bond motifs is 1. The average Bonchev–Trinajstić information content (AvgIpc) is 3.32. The van der Waals surface area contributed by atoms with Crippen molar-refractivity contribution in [2.24, 2.45) is 0 Å². The number of para-hydroxylation sites is 2. The third-order valence-electron chi connectivity index (χ3n) is 3.98. The van der Waals surface area contributed by atoms with Crippen molar-refractivity contribution in [3.05, 3.63) is 54.4 Å². The maximum atomic E-state index is 12.4. The highest BCUT2D eigenvalue weighted by Crippen LogP contribution is 2.28. The van der Waals surface area contributed by atoms with Crippen LogP contribution in [-0.4, -0.2) is 38.5 Å². The zero-order valence-corrected chi connectivity index (χ0v) is 16.9. The topological polar surface area (TPSA) is 81.9 Å². The van der Waals surface area contributed by atoms with Gasteiger partial charge in [0.05, 0.1) is 28.8 Å². The van der Waals surface area contributed by atoms with E-state index in [1.807, 2.05) is 43.3 Å². The van der Waals surface area contributed by atoms with Crippen LogP contribution in [0.2, 0.25) is 0 Å². The van der Waals surface area contributed by atoms with Crippen molar-refractivity contribution < 1.29 is 9.53 Å². The molecule has 7 nitrogen and oxygen atoms in total. The average molecular weight is 412 g/mol. The smallest absolute Gasteiger partial charge is 0.236 e. The molecule has 0 saturated heterocycles.